The molecule has 1 aromatic carbocycles. The molecule has 1 aromatic heterocycles. The lowest BCUT2D eigenvalue weighted by Crippen LogP contribution is -2.30. The molecule has 0 bridgehead atoms. The Balaban J connectivity index is 2.21. The van der Waals surface area contributed by atoms with Crippen LogP contribution in [0.2, 0.25) is 0 Å². The average Bonchev–Trinajstić information content (AvgIpc) is 2.97. The Morgan fingerprint density at radius 2 is 2.14 bits per heavy atom. The molecule has 116 valence electrons. The van der Waals surface area contributed by atoms with Crippen LogP contribution in [0.5, 0.6) is 0 Å². The summed E-state index contributed by atoms with van der Waals surface area (Å²) in [7, 11) is 0. The maximum atomic E-state index is 13.8. The Morgan fingerprint density at radius 3 is 2.73 bits per heavy atom. The Kier molecular flexibility index (Phi) is 5.25. The quantitative estimate of drug-likeness (QED) is 0.570. The van der Waals surface area contributed by atoms with Gasteiger partial charge in [0.15, 0.2) is 0 Å². The highest BCUT2D eigenvalue weighted by Gasteiger charge is 2.21. The maximum Gasteiger partial charge on any atom is 0.324 e. The average molecular weight is 387 g/mol. The van der Waals surface area contributed by atoms with Crippen molar-refractivity contribution in [1.82, 2.24) is 4.90 Å². The zero-order valence-corrected chi connectivity index (χ0v) is 14.0. The van der Waals surface area contributed by atoms with Crippen molar-refractivity contribution >= 4 is 38.2 Å². The van der Waals surface area contributed by atoms with E-state index in [1.165, 1.54) is 23.1 Å². The highest BCUT2D eigenvalue weighted by molar-refractivity contribution is 9.10. The van der Waals surface area contributed by atoms with Gasteiger partial charge < -0.3 is 4.90 Å². The van der Waals surface area contributed by atoms with Crippen LogP contribution in [0, 0.1) is 15.9 Å². The fourth-order valence-corrected chi connectivity index (χ4v) is 3.09. The minimum atomic E-state index is -0.536. The van der Waals surface area contributed by atoms with Gasteiger partial charge in [-0.2, -0.15) is 0 Å². The molecular formula is C14H12BrFN2O3S. The highest BCUT2D eigenvalue weighted by atomic mass is 79.9. The van der Waals surface area contributed by atoms with Gasteiger partial charge in [-0.3, -0.25) is 14.9 Å². The van der Waals surface area contributed by atoms with Gasteiger partial charge in [0.1, 0.15) is 5.82 Å². The highest BCUT2D eigenvalue weighted by Crippen LogP contribution is 2.26. The third kappa shape index (κ3) is 3.69. The molecule has 0 fully saturated rings. The Hall–Kier alpha value is -1.80. The van der Waals surface area contributed by atoms with Gasteiger partial charge in [-0.15, -0.1) is 0 Å². The molecule has 0 aliphatic heterocycles. The Bertz CT molecular complexity index is 720. The SMILES string of the molecule is CCN(Cc1cc(Br)ccc1F)C(=O)c1ccc([N+](=O)[O-])s1. The van der Waals surface area contributed by atoms with E-state index < -0.39 is 10.7 Å². The number of hydrogen-bond donors (Lipinski definition) is 0. The van der Waals surface area contributed by atoms with Gasteiger partial charge >= 0.3 is 5.00 Å². The van der Waals surface area contributed by atoms with Crippen LogP contribution in [0.1, 0.15) is 22.2 Å². The normalized spacial score (nSPS) is 10.5. The van der Waals surface area contributed by atoms with Gasteiger partial charge in [0, 0.05) is 29.2 Å². The first-order chi connectivity index (χ1) is 10.4. The van der Waals surface area contributed by atoms with Crippen molar-refractivity contribution in [1.29, 1.82) is 0 Å². The second-order valence-corrected chi connectivity index (χ2v) is 6.43. The zero-order valence-electron chi connectivity index (χ0n) is 11.6. The summed E-state index contributed by atoms with van der Waals surface area (Å²) in [6.07, 6.45) is 0. The number of benzene rings is 1. The first-order valence-electron chi connectivity index (χ1n) is 6.39. The number of amides is 1. The number of carbonyl (C=O) groups is 1. The van der Waals surface area contributed by atoms with Crippen molar-refractivity contribution < 1.29 is 14.1 Å². The molecule has 0 aliphatic carbocycles. The van der Waals surface area contributed by atoms with E-state index in [9.17, 15) is 19.3 Å². The zero-order chi connectivity index (χ0) is 16.3. The largest absolute Gasteiger partial charge is 0.334 e. The van der Waals surface area contributed by atoms with E-state index in [1.54, 1.807) is 19.1 Å². The van der Waals surface area contributed by atoms with Crippen LogP contribution < -0.4 is 0 Å². The van der Waals surface area contributed by atoms with Crippen molar-refractivity contribution in [2.24, 2.45) is 0 Å². The number of halogens is 2. The molecule has 0 N–H and O–H groups in total. The molecule has 0 saturated carbocycles. The number of carbonyl (C=O) groups excluding carboxylic acids is 1. The summed E-state index contributed by atoms with van der Waals surface area (Å²) >= 11 is 4.08. The molecule has 0 saturated heterocycles. The molecule has 0 spiro atoms. The molecule has 0 aliphatic rings. The lowest BCUT2D eigenvalue weighted by molar-refractivity contribution is -0.380. The van der Waals surface area contributed by atoms with E-state index in [0.717, 1.165) is 15.8 Å². The summed E-state index contributed by atoms with van der Waals surface area (Å²) in [5.41, 5.74) is 0.385. The van der Waals surface area contributed by atoms with Crippen LogP contribution in [-0.2, 0) is 6.54 Å². The number of thiophene rings is 1. The summed E-state index contributed by atoms with van der Waals surface area (Å²) in [5, 5.41) is 10.6. The standard InChI is InChI=1S/C14H12BrFN2O3S/c1-2-17(8-9-7-10(15)3-4-11(9)16)14(19)12-5-6-13(22-12)18(20)21/h3-7H,2,8H2,1H3. The maximum absolute atomic E-state index is 13.8. The number of nitrogens with zero attached hydrogens (tertiary/aromatic N) is 2. The fraction of sp³-hybridized carbons (Fsp3) is 0.214. The smallest absolute Gasteiger partial charge is 0.324 e. The molecule has 2 aromatic rings. The van der Waals surface area contributed by atoms with Crippen LogP contribution in [-0.4, -0.2) is 22.3 Å². The van der Waals surface area contributed by atoms with Crippen LogP contribution in [0.15, 0.2) is 34.8 Å². The van der Waals surface area contributed by atoms with Gasteiger partial charge in [0.05, 0.1) is 9.80 Å². The Labute approximate surface area is 138 Å². The Morgan fingerprint density at radius 1 is 1.41 bits per heavy atom. The van der Waals surface area contributed by atoms with Crippen LogP contribution in [0.25, 0.3) is 0 Å². The van der Waals surface area contributed by atoms with Crippen molar-refractivity contribution in [3.05, 3.63) is 61.2 Å². The molecule has 0 radical (unpaired) electrons. The molecule has 8 heteroatoms. The molecule has 1 amide bonds. The van der Waals surface area contributed by atoms with Crippen molar-refractivity contribution in [3.63, 3.8) is 0 Å². The van der Waals surface area contributed by atoms with E-state index in [1.807, 2.05) is 0 Å². The predicted molar refractivity (Wildman–Crippen MR) is 85.5 cm³/mol. The first kappa shape index (κ1) is 16.6. The third-order valence-electron chi connectivity index (χ3n) is 3.02. The van der Waals surface area contributed by atoms with E-state index in [4.69, 9.17) is 0 Å². The van der Waals surface area contributed by atoms with Crippen LogP contribution in [0.3, 0.4) is 0 Å². The van der Waals surface area contributed by atoms with E-state index in [2.05, 4.69) is 15.9 Å². The second-order valence-electron chi connectivity index (χ2n) is 4.45. The van der Waals surface area contributed by atoms with Crippen LogP contribution >= 0.6 is 27.3 Å². The lowest BCUT2D eigenvalue weighted by atomic mass is 10.2. The summed E-state index contributed by atoms with van der Waals surface area (Å²) in [5.74, 6) is -0.744. The molecule has 22 heavy (non-hydrogen) atoms. The first-order valence-corrected chi connectivity index (χ1v) is 8.00. The van der Waals surface area contributed by atoms with E-state index in [0.29, 0.717) is 12.1 Å². The van der Waals surface area contributed by atoms with Gasteiger partial charge in [-0.1, -0.05) is 27.3 Å². The van der Waals surface area contributed by atoms with Gasteiger partial charge in [-0.05, 0) is 31.2 Å². The topological polar surface area (TPSA) is 63.5 Å². The van der Waals surface area contributed by atoms with Gasteiger partial charge in [-0.25, -0.2) is 4.39 Å². The van der Waals surface area contributed by atoms with Crippen molar-refractivity contribution in [2.45, 2.75) is 13.5 Å². The summed E-state index contributed by atoms with van der Waals surface area (Å²) in [4.78, 5) is 24.3. The summed E-state index contributed by atoms with van der Waals surface area (Å²) < 4.78 is 14.5. The third-order valence-corrected chi connectivity index (χ3v) is 4.54. The molecule has 0 atom stereocenters. The molecule has 5 nitrogen and oxygen atoms in total. The molecule has 2 rings (SSSR count). The predicted octanol–water partition coefficient (Wildman–Crippen LogP) is 4.22. The van der Waals surface area contributed by atoms with Gasteiger partial charge in [0.2, 0.25) is 0 Å². The number of hydrogen-bond acceptors (Lipinski definition) is 4. The number of nitro groups is 1. The molecular weight excluding hydrogens is 375 g/mol. The summed E-state index contributed by atoms with van der Waals surface area (Å²) in [6, 6.07) is 7.24. The minimum Gasteiger partial charge on any atom is -0.334 e. The number of rotatable bonds is 5. The second kappa shape index (κ2) is 6.97. The van der Waals surface area contributed by atoms with E-state index >= 15 is 0 Å². The van der Waals surface area contributed by atoms with Crippen molar-refractivity contribution in [3.8, 4) is 0 Å². The summed E-state index contributed by atoms with van der Waals surface area (Å²) in [6.45, 7) is 2.25. The van der Waals surface area contributed by atoms with Crippen molar-refractivity contribution in [2.75, 3.05) is 6.54 Å². The van der Waals surface area contributed by atoms with E-state index in [-0.39, 0.29) is 22.3 Å². The van der Waals surface area contributed by atoms with Crippen LogP contribution in [0.4, 0.5) is 9.39 Å². The van der Waals surface area contributed by atoms with Gasteiger partial charge in [0.25, 0.3) is 5.91 Å². The molecule has 1 heterocycles. The minimum absolute atomic E-state index is 0.0898. The fourth-order valence-electron chi connectivity index (χ4n) is 1.89. The monoisotopic (exact) mass is 386 g/mol. The molecule has 0 unspecified atom stereocenters. The lowest BCUT2D eigenvalue weighted by Gasteiger charge is -2.20.